The van der Waals surface area contributed by atoms with E-state index < -0.39 is 0 Å². The molecule has 1 heterocycles. The molecule has 0 spiro atoms. The topological polar surface area (TPSA) is 51.8 Å². The molecule has 2 aromatic rings. The molecular weight excluding hydrogens is 250 g/mol. The Kier molecular flexibility index (Phi) is 4.56. The van der Waals surface area contributed by atoms with Crippen LogP contribution >= 0.6 is 23.3 Å². The molecule has 1 aromatic carbocycles. The van der Waals surface area contributed by atoms with E-state index in [0.29, 0.717) is 6.54 Å². The number of thioether (sulfide) groups is 1. The Morgan fingerprint density at radius 2 is 2.24 bits per heavy atom. The number of hydrogen-bond acceptors (Lipinski definition) is 5. The van der Waals surface area contributed by atoms with Crippen molar-refractivity contribution in [2.75, 3.05) is 6.54 Å². The van der Waals surface area contributed by atoms with E-state index in [1.165, 1.54) is 17.1 Å². The Labute approximate surface area is 109 Å². The molecule has 2 N–H and O–H groups in total. The summed E-state index contributed by atoms with van der Waals surface area (Å²) < 4.78 is 4.95. The number of nitrogens with zero attached hydrogens (tertiary/aromatic N) is 2. The zero-order valence-corrected chi connectivity index (χ0v) is 10.7. The molecule has 0 unspecified atom stereocenters. The van der Waals surface area contributed by atoms with Crippen molar-refractivity contribution in [3.8, 4) is 11.8 Å². The Bertz CT molecular complexity index is 526. The average Bonchev–Trinajstić information content (AvgIpc) is 2.88. The largest absolute Gasteiger partial charge is 0.320 e. The van der Waals surface area contributed by atoms with E-state index in [-0.39, 0.29) is 0 Å². The van der Waals surface area contributed by atoms with Gasteiger partial charge in [0.25, 0.3) is 0 Å². The van der Waals surface area contributed by atoms with Crippen LogP contribution in [-0.4, -0.2) is 15.9 Å². The lowest BCUT2D eigenvalue weighted by Gasteiger charge is -2.02. The second-order valence-corrected chi connectivity index (χ2v) is 5.16. The van der Waals surface area contributed by atoms with E-state index in [9.17, 15) is 0 Å². The second-order valence-electron chi connectivity index (χ2n) is 3.16. The van der Waals surface area contributed by atoms with Gasteiger partial charge in [-0.3, -0.25) is 0 Å². The Balaban J connectivity index is 2.09. The Morgan fingerprint density at radius 1 is 1.35 bits per heavy atom. The van der Waals surface area contributed by atoms with E-state index in [2.05, 4.69) is 27.3 Å². The lowest BCUT2D eigenvalue weighted by molar-refractivity contribution is 1.21. The minimum absolute atomic E-state index is 0.387. The molecular formula is C12H11N3S2. The third kappa shape index (κ3) is 3.56. The summed E-state index contributed by atoms with van der Waals surface area (Å²) in [6, 6.07) is 8.09. The molecule has 0 amide bonds. The van der Waals surface area contributed by atoms with Gasteiger partial charge < -0.3 is 5.73 Å². The highest BCUT2D eigenvalue weighted by molar-refractivity contribution is 8.00. The summed E-state index contributed by atoms with van der Waals surface area (Å²) in [6.07, 6.45) is 1.58. The van der Waals surface area contributed by atoms with Gasteiger partial charge in [-0.05, 0) is 23.2 Å². The third-order valence-corrected chi connectivity index (χ3v) is 3.88. The van der Waals surface area contributed by atoms with Crippen molar-refractivity contribution >= 4 is 23.3 Å². The van der Waals surface area contributed by atoms with Crippen molar-refractivity contribution in [2.45, 2.75) is 10.1 Å². The van der Waals surface area contributed by atoms with Crippen molar-refractivity contribution in [1.82, 2.24) is 9.36 Å². The standard InChI is InChI=1S/C12H11N3S2/c13-7-3-6-10-4-1-2-5-11(10)8-16-12-14-9-15-17-12/h1-2,4-5,9H,7-8,13H2. The quantitative estimate of drug-likeness (QED) is 0.679. The van der Waals surface area contributed by atoms with Gasteiger partial charge >= 0.3 is 0 Å². The molecule has 0 aliphatic heterocycles. The van der Waals surface area contributed by atoms with Gasteiger partial charge in [-0.2, -0.15) is 4.37 Å². The first-order valence-electron chi connectivity index (χ1n) is 5.06. The summed E-state index contributed by atoms with van der Waals surface area (Å²) in [5.74, 6) is 6.82. The number of hydrogen-bond donors (Lipinski definition) is 1. The fourth-order valence-electron chi connectivity index (χ4n) is 1.28. The average molecular weight is 261 g/mol. The monoisotopic (exact) mass is 261 g/mol. The van der Waals surface area contributed by atoms with E-state index in [4.69, 9.17) is 5.73 Å². The first kappa shape index (κ1) is 12.1. The molecule has 0 aliphatic rings. The molecule has 0 radical (unpaired) electrons. The van der Waals surface area contributed by atoms with Gasteiger partial charge in [-0.1, -0.05) is 41.8 Å². The molecule has 5 heteroatoms. The smallest absolute Gasteiger partial charge is 0.170 e. The number of benzene rings is 1. The molecule has 86 valence electrons. The van der Waals surface area contributed by atoms with Gasteiger partial charge in [-0.25, -0.2) is 4.98 Å². The van der Waals surface area contributed by atoms with Gasteiger partial charge in [0, 0.05) is 11.3 Å². The minimum Gasteiger partial charge on any atom is -0.320 e. The number of nitrogens with two attached hydrogens (primary N) is 1. The number of aromatic nitrogens is 2. The predicted molar refractivity (Wildman–Crippen MR) is 71.8 cm³/mol. The highest BCUT2D eigenvalue weighted by Gasteiger charge is 2.02. The van der Waals surface area contributed by atoms with E-state index in [1.54, 1.807) is 18.1 Å². The maximum Gasteiger partial charge on any atom is 0.170 e. The summed E-state index contributed by atoms with van der Waals surface area (Å²) in [5.41, 5.74) is 7.62. The summed E-state index contributed by atoms with van der Waals surface area (Å²) in [6.45, 7) is 0.387. The zero-order valence-electron chi connectivity index (χ0n) is 9.09. The van der Waals surface area contributed by atoms with Crippen LogP contribution in [0.15, 0.2) is 34.9 Å². The van der Waals surface area contributed by atoms with E-state index in [0.717, 1.165) is 15.7 Å². The van der Waals surface area contributed by atoms with Gasteiger partial charge in [0.05, 0.1) is 6.54 Å². The Hall–Kier alpha value is -1.35. The minimum atomic E-state index is 0.387. The first-order valence-corrected chi connectivity index (χ1v) is 6.82. The molecule has 3 nitrogen and oxygen atoms in total. The lowest BCUT2D eigenvalue weighted by atomic mass is 10.1. The molecule has 0 aliphatic carbocycles. The van der Waals surface area contributed by atoms with Crippen LogP contribution in [0.4, 0.5) is 0 Å². The fourth-order valence-corrected chi connectivity index (χ4v) is 2.73. The Morgan fingerprint density at radius 3 is 3.00 bits per heavy atom. The SMILES string of the molecule is NCC#Cc1ccccc1CSc1ncns1. The third-order valence-electron chi connectivity index (χ3n) is 2.03. The van der Waals surface area contributed by atoms with Crippen molar-refractivity contribution in [3.63, 3.8) is 0 Å². The zero-order chi connectivity index (χ0) is 11.9. The van der Waals surface area contributed by atoms with Crippen LogP contribution in [0, 0.1) is 11.8 Å². The maximum absolute atomic E-state index is 5.38. The van der Waals surface area contributed by atoms with Crippen LogP contribution in [0.25, 0.3) is 0 Å². The normalized spacial score (nSPS) is 9.71. The van der Waals surface area contributed by atoms with Crippen LogP contribution < -0.4 is 5.73 Å². The summed E-state index contributed by atoms with van der Waals surface area (Å²) in [5, 5.41) is 0. The molecule has 0 fully saturated rings. The molecule has 0 saturated carbocycles. The first-order chi connectivity index (χ1) is 8.40. The van der Waals surface area contributed by atoms with E-state index >= 15 is 0 Å². The van der Waals surface area contributed by atoms with Crippen molar-refractivity contribution < 1.29 is 0 Å². The highest BCUT2D eigenvalue weighted by Crippen LogP contribution is 2.24. The lowest BCUT2D eigenvalue weighted by Crippen LogP contribution is -1.94. The van der Waals surface area contributed by atoms with E-state index in [1.807, 2.05) is 18.2 Å². The number of rotatable bonds is 3. The highest BCUT2D eigenvalue weighted by atomic mass is 32.2. The van der Waals surface area contributed by atoms with Gasteiger partial charge in [-0.15, -0.1) is 0 Å². The summed E-state index contributed by atoms with van der Waals surface area (Å²) in [7, 11) is 0. The summed E-state index contributed by atoms with van der Waals surface area (Å²) in [4.78, 5) is 4.14. The molecule has 17 heavy (non-hydrogen) atoms. The predicted octanol–water partition coefficient (Wildman–Crippen LogP) is 2.14. The maximum atomic E-state index is 5.38. The molecule has 0 saturated heterocycles. The second kappa shape index (κ2) is 6.40. The van der Waals surface area contributed by atoms with Gasteiger partial charge in [0.15, 0.2) is 4.34 Å². The van der Waals surface area contributed by atoms with Crippen molar-refractivity contribution in [1.29, 1.82) is 0 Å². The molecule has 0 bridgehead atoms. The molecule has 1 aromatic heterocycles. The molecule has 2 rings (SSSR count). The van der Waals surface area contributed by atoms with Crippen molar-refractivity contribution in [3.05, 3.63) is 41.7 Å². The van der Waals surface area contributed by atoms with Crippen LogP contribution in [-0.2, 0) is 5.75 Å². The summed E-state index contributed by atoms with van der Waals surface area (Å²) >= 11 is 3.09. The van der Waals surface area contributed by atoms with Crippen molar-refractivity contribution in [2.24, 2.45) is 5.73 Å². The van der Waals surface area contributed by atoms with Gasteiger partial charge in [0.1, 0.15) is 6.33 Å². The van der Waals surface area contributed by atoms with Crippen LogP contribution in [0.1, 0.15) is 11.1 Å². The van der Waals surface area contributed by atoms with Crippen LogP contribution in [0.3, 0.4) is 0 Å². The van der Waals surface area contributed by atoms with Crippen LogP contribution in [0.5, 0.6) is 0 Å². The fraction of sp³-hybridized carbons (Fsp3) is 0.167. The van der Waals surface area contributed by atoms with Gasteiger partial charge in [0.2, 0.25) is 0 Å². The molecule has 0 atom stereocenters. The van der Waals surface area contributed by atoms with Crippen LogP contribution in [0.2, 0.25) is 0 Å².